The van der Waals surface area contributed by atoms with Crippen molar-refractivity contribution in [1.82, 2.24) is 14.5 Å². The Morgan fingerprint density at radius 2 is 1.94 bits per heavy atom. The van der Waals surface area contributed by atoms with E-state index >= 15 is 0 Å². The molecule has 36 heavy (non-hydrogen) atoms. The van der Waals surface area contributed by atoms with Gasteiger partial charge in [-0.25, -0.2) is 9.18 Å². The molecule has 8 heteroatoms. The van der Waals surface area contributed by atoms with Gasteiger partial charge in [0.1, 0.15) is 11.5 Å². The summed E-state index contributed by atoms with van der Waals surface area (Å²) in [6.07, 6.45) is 11.8. The van der Waals surface area contributed by atoms with Gasteiger partial charge >= 0.3 is 5.69 Å². The molecule has 5 rings (SSSR count). The van der Waals surface area contributed by atoms with Gasteiger partial charge in [0.05, 0.1) is 5.69 Å². The van der Waals surface area contributed by atoms with Gasteiger partial charge in [-0.2, -0.15) is 0 Å². The standard InChI is InChI=1S/C28H30FN5O2/c1-3-4-5-6-25-19(2)31-28(36)34(25)22-11-14-32(15-12-22)23-9-13-30-24(18-23)27(35)33-16-10-20-17-21(29)7-8-26(20)33/h3-9,13,17-18,22H,10-12,14-16H2,1-2H3,(H,31,36)/b4-3?,6-5-. The van der Waals surface area contributed by atoms with Crippen LogP contribution in [0.25, 0.3) is 6.08 Å². The zero-order valence-corrected chi connectivity index (χ0v) is 20.6. The van der Waals surface area contributed by atoms with E-state index in [2.05, 4.69) is 14.9 Å². The van der Waals surface area contributed by atoms with E-state index in [1.165, 1.54) is 12.1 Å². The van der Waals surface area contributed by atoms with Crippen LogP contribution in [-0.2, 0) is 6.42 Å². The number of amides is 1. The van der Waals surface area contributed by atoms with E-state index in [-0.39, 0.29) is 23.5 Å². The first kappa shape index (κ1) is 23.8. The lowest BCUT2D eigenvalue weighted by Gasteiger charge is -2.34. The van der Waals surface area contributed by atoms with Gasteiger partial charge in [0.2, 0.25) is 0 Å². The summed E-state index contributed by atoms with van der Waals surface area (Å²) in [5, 5.41) is 0. The lowest BCUT2D eigenvalue weighted by Crippen LogP contribution is -2.37. The molecule has 3 aromatic rings. The zero-order valence-electron chi connectivity index (χ0n) is 20.6. The van der Waals surface area contributed by atoms with Crippen LogP contribution in [0, 0.1) is 12.7 Å². The second-order valence-corrected chi connectivity index (χ2v) is 9.29. The van der Waals surface area contributed by atoms with Crippen LogP contribution >= 0.6 is 0 Å². The van der Waals surface area contributed by atoms with Crippen molar-refractivity contribution < 1.29 is 9.18 Å². The third-order valence-electron chi connectivity index (χ3n) is 7.05. The van der Waals surface area contributed by atoms with E-state index in [0.717, 1.165) is 54.3 Å². The van der Waals surface area contributed by atoms with E-state index in [1.807, 2.05) is 54.9 Å². The maximum Gasteiger partial charge on any atom is 0.326 e. The topological polar surface area (TPSA) is 74.2 Å². The van der Waals surface area contributed by atoms with Crippen LogP contribution in [0.4, 0.5) is 15.8 Å². The van der Waals surface area contributed by atoms with Crippen molar-refractivity contribution >= 4 is 23.4 Å². The highest BCUT2D eigenvalue weighted by molar-refractivity contribution is 6.06. The maximum absolute atomic E-state index is 13.6. The highest BCUT2D eigenvalue weighted by Gasteiger charge is 2.28. The highest BCUT2D eigenvalue weighted by Crippen LogP contribution is 2.31. The van der Waals surface area contributed by atoms with E-state index in [0.29, 0.717) is 18.7 Å². The predicted octanol–water partition coefficient (Wildman–Crippen LogP) is 4.65. The number of carbonyl (C=O) groups excluding carboxylic acids is 1. The number of H-pyrrole nitrogens is 1. The molecular weight excluding hydrogens is 457 g/mol. The van der Waals surface area contributed by atoms with Crippen molar-refractivity contribution in [2.24, 2.45) is 0 Å². The molecule has 0 saturated carbocycles. The largest absolute Gasteiger partial charge is 0.371 e. The molecule has 7 nitrogen and oxygen atoms in total. The maximum atomic E-state index is 13.6. The number of fused-ring (bicyclic) bond motifs is 1. The minimum Gasteiger partial charge on any atom is -0.371 e. The lowest BCUT2D eigenvalue weighted by atomic mass is 10.0. The number of anilines is 2. The molecule has 1 aromatic carbocycles. The van der Waals surface area contributed by atoms with Crippen LogP contribution < -0.4 is 15.5 Å². The molecule has 2 aromatic heterocycles. The molecule has 0 aliphatic carbocycles. The second kappa shape index (κ2) is 9.97. The van der Waals surface area contributed by atoms with Gasteiger partial charge in [0.25, 0.3) is 5.91 Å². The fourth-order valence-corrected chi connectivity index (χ4v) is 5.24. The Labute approximate surface area is 209 Å². The summed E-state index contributed by atoms with van der Waals surface area (Å²) in [6, 6.07) is 8.40. The molecule has 1 fully saturated rings. The summed E-state index contributed by atoms with van der Waals surface area (Å²) >= 11 is 0. The number of aryl methyl sites for hydroxylation is 1. The van der Waals surface area contributed by atoms with E-state index in [1.54, 1.807) is 17.2 Å². The Balaban J connectivity index is 1.30. The van der Waals surface area contributed by atoms with Gasteiger partial charge in [0.15, 0.2) is 0 Å². The number of nitrogens with zero attached hydrogens (tertiary/aromatic N) is 4. The number of pyridine rings is 1. The minimum absolute atomic E-state index is 0.0753. The van der Waals surface area contributed by atoms with E-state index in [9.17, 15) is 14.0 Å². The first-order valence-electron chi connectivity index (χ1n) is 12.4. The summed E-state index contributed by atoms with van der Waals surface area (Å²) in [5.41, 5.74) is 4.62. The average molecular weight is 488 g/mol. The van der Waals surface area contributed by atoms with Crippen molar-refractivity contribution in [3.05, 3.63) is 93.7 Å². The number of hydrogen-bond donors (Lipinski definition) is 1. The van der Waals surface area contributed by atoms with Gasteiger partial charge in [0, 0.05) is 48.9 Å². The quantitative estimate of drug-likeness (QED) is 0.532. The van der Waals surface area contributed by atoms with Gasteiger partial charge in [-0.15, -0.1) is 0 Å². The molecule has 1 N–H and O–H groups in total. The molecule has 0 atom stereocenters. The minimum atomic E-state index is -0.287. The van der Waals surface area contributed by atoms with Crippen molar-refractivity contribution in [2.75, 3.05) is 29.4 Å². The van der Waals surface area contributed by atoms with Crippen LogP contribution in [0.3, 0.4) is 0 Å². The van der Waals surface area contributed by atoms with Crippen molar-refractivity contribution in [3.63, 3.8) is 0 Å². The number of carbonyl (C=O) groups is 1. The van der Waals surface area contributed by atoms with Gasteiger partial charge in [-0.05, 0) is 75.1 Å². The van der Waals surface area contributed by atoms with E-state index in [4.69, 9.17) is 0 Å². The Bertz CT molecular complexity index is 1400. The SMILES string of the molecule is CC=C/C=C\c1c(C)[nH]c(=O)n1C1CCN(c2ccnc(C(=O)N3CCc4cc(F)ccc43)c2)CC1. The fourth-order valence-electron chi connectivity index (χ4n) is 5.24. The Morgan fingerprint density at radius 3 is 2.72 bits per heavy atom. The molecule has 0 bridgehead atoms. The molecule has 0 spiro atoms. The summed E-state index contributed by atoms with van der Waals surface area (Å²) in [4.78, 5) is 37.1. The number of allylic oxidation sites excluding steroid dienone is 3. The Hall–Kier alpha value is -3.94. The molecular formula is C28H30FN5O2. The lowest BCUT2D eigenvalue weighted by molar-refractivity contribution is 0.0984. The van der Waals surface area contributed by atoms with Crippen molar-refractivity contribution in [1.29, 1.82) is 0 Å². The molecule has 2 aliphatic heterocycles. The molecule has 1 saturated heterocycles. The summed E-state index contributed by atoms with van der Waals surface area (Å²) < 4.78 is 15.5. The average Bonchev–Trinajstić information content (AvgIpc) is 3.43. The summed E-state index contributed by atoms with van der Waals surface area (Å²) in [5.74, 6) is -0.464. The number of nitrogens with one attached hydrogen (secondary N) is 1. The smallest absolute Gasteiger partial charge is 0.326 e. The van der Waals surface area contributed by atoms with Crippen molar-refractivity contribution in [3.8, 4) is 0 Å². The van der Waals surface area contributed by atoms with Crippen LogP contribution in [0.15, 0.2) is 59.6 Å². The van der Waals surface area contributed by atoms with Crippen LogP contribution in [0.5, 0.6) is 0 Å². The number of halogens is 1. The van der Waals surface area contributed by atoms with Gasteiger partial charge in [-0.1, -0.05) is 18.2 Å². The predicted molar refractivity (Wildman–Crippen MR) is 140 cm³/mol. The Kier molecular flexibility index (Phi) is 6.59. The molecule has 0 radical (unpaired) electrons. The normalized spacial score (nSPS) is 16.4. The van der Waals surface area contributed by atoms with Crippen LogP contribution in [0.2, 0.25) is 0 Å². The van der Waals surface area contributed by atoms with E-state index < -0.39 is 0 Å². The number of imidazole rings is 1. The third-order valence-corrected chi connectivity index (χ3v) is 7.05. The van der Waals surface area contributed by atoms with Crippen molar-refractivity contribution in [2.45, 2.75) is 39.2 Å². The van der Waals surface area contributed by atoms with Crippen LogP contribution in [0.1, 0.15) is 53.2 Å². The second-order valence-electron chi connectivity index (χ2n) is 9.29. The number of piperidine rings is 1. The van der Waals surface area contributed by atoms with Gasteiger partial charge < -0.3 is 14.8 Å². The van der Waals surface area contributed by atoms with Crippen LogP contribution in [-0.4, -0.2) is 40.1 Å². The molecule has 186 valence electrons. The monoisotopic (exact) mass is 487 g/mol. The number of rotatable bonds is 5. The fraction of sp³-hybridized carbons (Fsp3) is 0.321. The molecule has 0 unspecified atom stereocenters. The number of aromatic nitrogens is 3. The summed E-state index contributed by atoms with van der Waals surface area (Å²) in [7, 11) is 0. The summed E-state index contributed by atoms with van der Waals surface area (Å²) in [6.45, 7) is 5.93. The number of hydrogen-bond acceptors (Lipinski definition) is 4. The highest BCUT2D eigenvalue weighted by atomic mass is 19.1. The first-order chi connectivity index (χ1) is 17.5. The molecule has 2 aliphatic rings. The number of benzene rings is 1. The molecule has 4 heterocycles. The van der Waals surface area contributed by atoms with Gasteiger partial charge in [-0.3, -0.25) is 14.3 Å². The zero-order chi connectivity index (χ0) is 25.2. The molecule has 1 amide bonds. The third kappa shape index (κ3) is 4.51. The first-order valence-corrected chi connectivity index (χ1v) is 12.4. The number of aromatic amines is 1. The Morgan fingerprint density at radius 1 is 1.14 bits per heavy atom.